The quantitative estimate of drug-likeness (QED) is 0.670. The van der Waals surface area contributed by atoms with Crippen LogP contribution >= 0.6 is 0 Å². The monoisotopic (exact) mass is 203 g/mol. The molecule has 4 saturated carbocycles. The molecule has 0 aliphatic heterocycles. The van der Waals surface area contributed by atoms with Crippen molar-refractivity contribution >= 4 is 0 Å². The van der Waals surface area contributed by atoms with Crippen LogP contribution in [-0.2, 0) is 0 Å². The summed E-state index contributed by atoms with van der Waals surface area (Å²) in [5, 5.41) is 9.34. The normalized spacial score (nSPS) is 48.9. The molecule has 0 aromatic rings. The van der Waals surface area contributed by atoms with Gasteiger partial charge in [0.2, 0.25) is 0 Å². The van der Waals surface area contributed by atoms with Crippen molar-refractivity contribution in [2.45, 2.75) is 51.9 Å². The van der Waals surface area contributed by atoms with Gasteiger partial charge in [-0.25, -0.2) is 0 Å². The second-order valence-electron chi connectivity index (χ2n) is 6.37. The molecule has 4 rings (SSSR count). The van der Waals surface area contributed by atoms with Gasteiger partial charge in [0.05, 0.1) is 12.0 Å². The Morgan fingerprint density at radius 3 is 1.93 bits per heavy atom. The summed E-state index contributed by atoms with van der Waals surface area (Å²) in [6, 6.07) is 2.61. The summed E-state index contributed by atoms with van der Waals surface area (Å²) in [5.74, 6) is 3.31. The smallest absolute Gasteiger partial charge is 0.0661 e. The van der Waals surface area contributed by atoms with Crippen LogP contribution in [0.15, 0.2) is 0 Å². The van der Waals surface area contributed by atoms with Gasteiger partial charge in [0.1, 0.15) is 0 Å². The number of hydrogen-bond donors (Lipinski definition) is 0. The summed E-state index contributed by atoms with van der Waals surface area (Å²) in [6.07, 6.45) is 9.67. The third-order valence-corrected chi connectivity index (χ3v) is 5.39. The van der Waals surface area contributed by atoms with E-state index in [2.05, 4.69) is 13.0 Å². The Bertz CT molecular complexity index is 264. The van der Waals surface area contributed by atoms with E-state index in [9.17, 15) is 5.26 Å². The molecule has 0 amide bonds. The SMILES string of the molecule is CC[C@H](C#N)C12CC3CC(CC(C3)C1)C2. The van der Waals surface area contributed by atoms with Gasteiger partial charge in [0, 0.05) is 0 Å². The second-order valence-corrected chi connectivity index (χ2v) is 6.37. The Morgan fingerprint density at radius 2 is 1.60 bits per heavy atom. The van der Waals surface area contributed by atoms with Crippen molar-refractivity contribution in [3.05, 3.63) is 0 Å². The Balaban J connectivity index is 1.90. The Hall–Kier alpha value is -0.510. The van der Waals surface area contributed by atoms with Crippen LogP contribution < -0.4 is 0 Å². The highest BCUT2D eigenvalue weighted by atomic mass is 14.6. The van der Waals surface area contributed by atoms with Gasteiger partial charge in [-0.05, 0) is 68.1 Å². The highest BCUT2D eigenvalue weighted by molar-refractivity contribution is 5.08. The lowest BCUT2D eigenvalue weighted by Crippen LogP contribution is -2.49. The summed E-state index contributed by atoms with van der Waals surface area (Å²) >= 11 is 0. The van der Waals surface area contributed by atoms with Gasteiger partial charge in [-0.2, -0.15) is 5.26 Å². The van der Waals surface area contributed by atoms with Crippen molar-refractivity contribution in [2.24, 2.45) is 29.1 Å². The molecular weight excluding hydrogens is 182 g/mol. The van der Waals surface area contributed by atoms with E-state index in [0.29, 0.717) is 11.3 Å². The lowest BCUT2D eigenvalue weighted by atomic mass is 9.46. The number of nitrogens with zero attached hydrogens (tertiary/aromatic N) is 1. The predicted molar refractivity (Wildman–Crippen MR) is 60.0 cm³/mol. The molecule has 4 aliphatic rings. The van der Waals surface area contributed by atoms with Gasteiger partial charge in [-0.15, -0.1) is 0 Å². The van der Waals surface area contributed by atoms with Crippen LogP contribution in [0.2, 0.25) is 0 Å². The van der Waals surface area contributed by atoms with Gasteiger partial charge >= 0.3 is 0 Å². The molecule has 0 N–H and O–H groups in total. The van der Waals surface area contributed by atoms with E-state index in [-0.39, 0.29) is 0 Å². The van der Waals surface area contributed by atoms with E-state index >= 15 is 0 Å². The van der Waals surface area contributed by atoms with Crippen LogP contribution in [0.1, 0.15) is 51.9 Å². The largest absolute Gasteiger partial charge is 0.198 e. The maximum absolute atomic E-state index is 9.34. The second kappa shape index (κ2) is 3.24. The fourth-order valence-corrected chi connectivity index (χ4v) is 5.27. The van der Waals surface area contributed by atoms with Crippen molar-refractivity contribution in [2.75, 3.05) is 0 Å². The molecule has 0 aromatic heterocycles. The van der Waals surface area contributed by atoms with Crippen LogP contribution in [0.3, 0.4) is 0 Å². The zero-order chi connectivity index (χ0) is 10.5. The van der Waals surface area contributed by atoms with E-state index in [4.69, 9.17) is 0 Å². The zero-order valence-electron chi connectivity index (χ0n) is 9.71. The molecule has 0 unspecified atom stereocenters. The van der Waals surface area contributed by atoms with Crippen molar-refractivity contribution in [1.29, 1.82) is 5.26 Å². The molecule has 0 heterocycles. The first-order valence-corrected chi connectivity index (χ1v) is 6.65. The topological polar surface area (TPSA) is 23.8 Å². The number of nitriles is 1. The maximum atomic E-state index is 9.34. The maximum Gasteiger partial charge on any atom is 0.0661 e. The van der Waals surface area contributed by atoms with Crippen molar-refractivity contribution < 1.29 is 0 Å². The molecule has 1 atom stereocenters. The van der Waals surface area contributed by atoms with Crippen LogP contribution in [0.25, 0.3) is 0 Å². The van der Waals surface area contributed by atoms with E-state index in [1.54, 1.807) is 0 Å². The molecule has 4 aliphatic carbocycles. The first-order valence-electron chi connectivity index (χ1n) is 6.65. The van der Waals surface area contributed by atoms with E-state index in [1.807, 2.05) is 0 Å². The molecule has 82 valence electrons. The van der Waals surface area contributed by atoms with Crippen molar-refractivity contribution in [1.82, 2.24) is 0 Å². The fourth-order valence-electron chi connectivity index (χ4n) is 5.27. The summed E-state index contributed by atoms with van der Waals surface area (Å²) in [7, 11) is 0. The van der Waals surface area contributed by atoms with Gasteiger partial charge in [0.25, 0.3) is 0 Å². The van der Waals surface area contributed by atoms with Crippen LogP contribution in [0, 0.1) is 40.4 Å². The van der Waals surface area contributed by atoms with Gasteiger partial charge < -0.3 is 0 Å². The fraction of sp³-hybridized carbons (Fsp3) is 0.929. The third kappa shape index (κ3) is 1.34. The average molecular weight is 203 g/mol. The molecular formula is C14H21N. The van der Waals surface area contributed by atoms with Gasteiger partial charge in [-0.1, -0.05) is 6.92 Å². The molecule has 0 spiro atoms. The van der Waals surface area contributed by atoms with E-state index in [0.717, 1.165) is 24.2 Å². The van der Waals surface area contributed by atoms with Gasteiger partial charge in [-0.3, -0.25) is 0 Å². The van der Waals surface area contributed by atoms with Crippen LogP contribution in [0.5, 0.6) is 0 Å². The molecule has 0 aromatic carbocycles. The Kier molecular flexibility index (Phi) is 2.09. The highest BCUT2D eigenvalue weighted by Crippen LogP contribution is 2.63. The van der Waals surface area contributed by atoms with E-state index < -0.39 is 0 Å². The molecule has 4 bridgehead atoms. The minimum absolute atomic E-state index is 0.353. The summed E-state index contributed by atoms with van der Waals surface area (Å²) in [6.45, 7) is 2.20. The first kappa shape index (κ1) is 9.70. The van der Waals surface area contributed by atoms with Crippen LogP contribution in [-0.4, -0.2) is 0 Å². The third-order valence-electron chi connectivity index (χ3n) is 5.39. The highest BCUT2D eigenvalue weighted by Gasteiger charge is 2.53. The molecule has 1 heteroatoms. The van der Waals surface area contributed by atoms with E-state index in [1.165, 1.54) is 38.5 Å². The minimum atomic E-state index is 0.353. The molecule has 15 heavy (non-hydrogen) atoms. The predicted octanol–water partition coefficient (Wildman–Crippen LogP) is 3.75. The van der Waals surface area contributed by atoms with Gasteiger partial charge in [0.15, 0.2) is 0 Å². The molecule has 4 fully saturated rings. The first-order chi connectivity index (χ1) is 7.25. The zero-order valence-corrected chi connectivity index (χ0v) is 9.71. The van der Waals surface area contributed by atoms with Crippen molar-refractivity contribution in [3.63, 3.8) is 0 Å². The molecule has 1 nitrogen and oxygen atoms in total. The number of rotatable bonds is 2. The Labute approximate surface area is 92.9 Å². The summed E-state index contributed by atoms with van der Waals surface area (Å²) < 4.78 is 0. The van der Waals surface area contributed by atoms with Crippen LogP contribution in [0.4, 0.5) is 0 Å². The average Bonchev–Trinajstić information content (AvgIpc) is 2.16. The lowest BCUT2D eigenvalue weighted by Gasteiger charge is -2.58. The summed E-state index contributed by atoms with van der Waals surface area (Å²) in [4.78, 5) is 0. The minimum Gasteiger partial charge on any atom is -0.198 e. The Morgan fingerprint density at radius 1 is 1.13 bits per heavy atom. The lowest BCUT2D eigenvalue weighted by molar-refractivity contribution is -0.0752. The molecule has 0 radical (unpaired) electrons. The van der Waals surface area contributed by atoms with Crippen molar-refractivity contribution in [3.8, 4) is 6.07 Å². The number of hydrogen-bond acceptors (Lipinski definition) is 1. The molecule has 0 saturated heterocycles. The summed E-state index contributed by atoms with van der Waals surface area (Å²) in [5.41, 5.74) is 0.457. The standard InChI is InChI=1S/C14H21N/c1-2-13(9-15)14-6-10-3-11(7-14)5-12(4-10)8-14/h10-13H,2-8H2,1H3/t10?,11?,12?,13-,14?/m1/s1.